The minimum Gasteiger partial charge on any atom is -0.497 e. The van der Waals surface area contributed by atoms with Gasteiger partial charge in [-0.15, -0.1) is 22.9 Å². The predicted molar refractivity (Wildman–Crippen MR) is 91.9 cm³/mol. The van der Waals surface area contributed by atoms with Gasteiger partial charge < -0.3 is 10.1 Å². The minimum absolute atomic E-state index is 0.162. The molecule has 1 aliphatic rings. The number of benzene rings is 1. The summed E-state index contributed by atoms with van der Waals surface area (Å²) in [6.45, 7) is 0. The Morgan fingerprint density at radius 2 is 2.14 bits per heavy atom. The molecule has 6 heteroatoms. The average molecular weight is 333 g/mol. The van der Waals surface area contributed by atoms with E-state index >= 15 is 0 Å². The van der Waals surface area contributed by atoms with E-state index in [9.17, 15) is 4.79 Å². The van der Waals surface area contributed by atoms with Crippen LogP contribution in [0.25, 0.3) is 18.4 Å². The smallest absolute Gasteiger partial charge is 0.289 e. The molecule has 3 rings (SSSR count). The number of ether oxygens (including phenoxy) is 1. The van der Waals surface area contributed by atoms with Crippen molar-refractivity contribution in [3.8, 4) is 5.75 Å². The van der Waals surface area contributed by atoms with Crippen LogP contribution in [0.2, 0.25) is 0 Å². The maximum absolute atomic E-state index is 12.0. The van der Waals surface area contributed by atoms with Crippen LogP contribution in [-0.4, -0.2) is 17.5 Å². The zero-order chi connectivity index (χ0) is 15.5. The number of halogens is 1. The number of nitrogens with zero attached hydrogens (tertiary/aromatic N) is 1. The zero-order valence-corrected chi connectivity index (χ0v) is 13.3. The molecule has 1 aliphatic carbocycles. The molecule has 0 spiro atoms. The highest BCUT2D eigenvalue weighted by Gasteiger charge is 2.06. The molecule has 2 aromatic rings. The van der Waals surface area contributed by atoms with Gasteiger partial charge in [-0.05, 0) is 36.4 Å². The third-order valence-corrected chi connectivity index (χ3v) is 4.46. The Hall–Kier alpha value is -2.11. The number of methoxy groups -OCH3 is 1. The second-order valence-electron chi connectivity index (χ2n) is 4.62. The predicted octanol–water partition coefficient (Wildman–Crippen LogP) is 1.78. The van der Waals surface area contributed by atoms with Gasteiger partial charge in [0.15, 0.2) is 0 Å². The van der Waals surface area contributed by atoms with Crippen molar-refractivity contribution in [1.82, 2.24) is 4.98 Å². The summed E-state index contributed by atoms with van der Waals surface area (Å²) in [7, 11) is 1.62. The zero-order valence-electron chi connectivity index (χ0n) is 11.7. The van der Waals surface area contributed by atoms with E-state index in [0.29, 0.717) is 10.2 Å². The summed E-state index contributed by atoms with van der Waals surface area (Å²) in [5.74, 6) is 0.780. The fourth-order valence-electron chi connectivity index (χ4n) is 1.98. The van der Waals surface area contributed by atoms with E-state index in [1.54, 1.807) is 19.4 Å². The van der Waals surface area contributed by atoms with Crippen LogP contribution in [0.15, 0.2) is 35.1 Å². The Morgan fingerprint density at radius 3 is 2.86 bits per heavy atom. The van der Waals surface area contributed by atoms with E-state index in [2.05, 4.69) is 10.3 Å². The first-order chi connectivity index (χ1) is 10.7. The monoisotopic (exact) mass is 332 g/mol. The molecule has 0 amide bonds. The van der Waals surface area contributed by atoms with Crippen molar-refractivity contribution in [2.24, 2.45) is 0 Å². The summed E-state index contributed by atoms with van der Waals surface area (Å²) >= 11 is 7.43. The van der Waals surface area contributed by atoms with Crippen LogP contribution in [0, 0.1) is 0 Å². The molecule has 0 saturated carbocycles. The number of alkyl halides is 1. The Morgan fingerprint density at radius 1 is 1.36 bits per heavy atom. The van der Waals surface area contributed by atoms with Gasteiger partial charge in [0, 0.05) is 11.9 Å². The van der Waals surface area contributed by atoms with Crippen molar-refractivity contribution in [2.45, 2.75) is 5.38 Å². The maximum atomic E-state index is 12.0. The number of nitrogens with one attached hydrogen (secondary N) is 1. The lowest BCUT2D eigenvalue weighted by Gasteiger charge is -2.04. The SMILES string of the molecule is COc1ccc(N/C=c2/sc3c(nc2=O)C=CC(Cl)C=3)cc1. The maximum Gasteiger partial charge on any atom is 0.289 e. The van der Waals surface area contributed by atoms with Crippen molar-refractivity contribution in [2.75, 3.05) is 12.4 Å². The number of anilines is 1. The van der Waals surface area contributed by atoms with Crippen molar-refractivity contribution in [3.63, 3.8) is 0 Å². The second-order valence-corrected chi connectivity index (χ2v) is 6.21. The fraction of sp³-hybridized carbons (Fsp3) is 0.125. The standard InChI is InChI=1S/C16H13ClN2O2S/c1-21-12-5-3-11(4-6-12)18-9-15-16(20)19-13-7-2-10(17)8-14(13)22-15/h2-10,18H,1H3/b15-9+. The first kappa shape index (κ1) is 14.8. The van der Waals surface area contributed by atoms with Crippen molar-refractivity contribution in [1.29, 1.82) is 0 Å². The van der Waals surface area contributed by atoms with E-state index in [-0.39, 0.29) is 10.9 Å². The van der Waals surface area contributed by atoms with Crippen molar-refractivity contribution in [3.05, 3.63) is 55.5 Å². The lowest BCUT2D eigenvalue weighted by molar-refractivity contribution is 0.415. The van der Waals surface area contributed by atoms with Crippen LogP contribution in [0.4, 0.5) is 5.69 Å². The van der Waals surface area contributed by atoms with Crippen LogP contribution in [0.5, 0.6) is 5.75 Å². The van der Waals surface area contributed by atoms with Gasteiger partial charge in [0.1, 0.15) is 10.3 Å². The molecule has 0 fully saturated rings. The van der Waals surface area contributed by atoms with Crippen LogP contribution in [0.1, 0.15) is 5.69 Å². The average Bonchev–Trinajstić information content (AvgIpc) is 2.54. The number of hydrogen-bond acceptors (Lipinski definition) is 5. The molecule has 1 aromatic carbocycles. The Kier molecular flexibility index (Phi) is 4.27. The van der Waals surface area contributed by atoms with Crippen LogP contribution in [0.3, 0.4) is 0 Å². The lowest BCUT2D eigenvalue weighted by atomic mass is 10.2. The molecule has 0 aliphatic heterocycles. The van der Waals surface area contributed by atoms with Gasteiger partial charge >= 0.3 is 0 Å². The summed E-state index contributed by atoms with van der Waals surface area (Å²) in [4.78, 5) is 16.1. The molecule has 0 bridgehead atoms. The molecule has 112 valence electrons. The van der Waals surface area contributed by atoms with E-state index in [4.69, 9.17) is 16.3 Å². The van der Waals surface area contributed by atoms with E-state index < -0.39 is 0 Å². The topological polar surface area (TPSA) is 51.2 Å². The largest absolute Gasteiger partial charge is 0.497 e. The molecule has 22 heavy (non-hydrogen) atoms. The molecular weight excluding hydrogens is 320 g/mol. The first-order valence-electron chi connectivity index (χ1n) is 6.62. The Bertz CT molecular complexity index is 888. The molecule has 4 nitrogen and oxygen atoms in total. The van der Waals surface area contributed by atoms with Gasteiger partial charge in [-0.3, -0.25) is 4.79 Å². The summed E-state index contributed by atoms with van der Waals surface area (Å²) in [5, 5.41) is 2.93. The molecule has 1 unspecified atom stereocenters. The summed E-state index contributed by atoms with van der Waals surface area (Å²) in [6.07, 6.45) is 7.14. The summed E-state index contributed by atoms with van der Waals surface area (Å²) in [5.41, 5.74) is 1.29. The highest BCUT2D eigenvalue weighted by Crippen LogP contribution is 2.14. The van der Waals surface area contributed by atoms with Gasteiger partial charge in [-0.2, -0.15) is 0 Å². The Labute approximate surface area is 136 Å². The quantitative estimate of drug-likeness (QED) is 0.871. The lowest BCUT2D eigenvalue weighted by Crippen LogP contribution is -2.32. The highest BCUT2D eigenvalue weighted by molar-refractivity contribution is 7.07. The van der Waals surface area contributed by atoms with E-state index in [1.165, 1.54) is 11.3 Å². The third-order valence-electron chi connectivity index (χ3n) is 3.11. The highest BCUT2D eigenvalue weighted by atomic mass is 35.5. The Balaban J connectivity index is 1.94. The third kappa shape index (κ3) is 3.21. The number of rotatable bonds is 3. The van der Waals surface area contributed by atoms with Gasteiger partial charge in [0.05, 0.1) is 22.7 Å². The van der Waals surface area contributed by atoms with Crippen LogP contribution in [-0.2, 0) is 0 Å². The minimum atomic E-state index is -0.254. The number of aromatic nitrogens is 1. The van der Waals surface area contributed by atoms with Gasteiger partial charge in [0.25, 0.3) is 5.56 Å². The van der Waals surface area contributed by atoms with Gasteiger partial charge in [0.2, 0.25) is 0 Å². The molecule has 1 aromatic heterocycles. The van der Waals surface area contributed by atoms with Crippen molar-refractivity contribution >= 4 is 47.0 Å². The number of hydrogen-bond donors (Lipinski definition) is 1. The molecule has 0 radical (unpaired) electrons. The first-order valence-corrected chi connectivity index (χ1v) is 7.87. The summed E-state index contributed by atoms with van der Waals surface area (Å²) in [6, 6.07) is 7.44. The van der Waals surface area contributed by atoms with Gasteiger partial charge in [-0.1, -0.05) is 6.08 Å². The van der Waals surface area contributed by atoms with Crippen molar-refractivity contribution < 1.29 is 4.74 Å². The molecule has 1 N–H and O–H groups in total. The number of fused-ring (bicyclic) bond motifs is 1. The molecule has 1 heterocycles. The number of allylic oxidation sites excluding steroid dienone is 1. The van der Waals surface area contributed by atoms with Crippen LogP contribution < -0.4 is 24.7 Å². The van der Waals surface area contributed by atoms with E-state index in [0.717, 1.165) is 16.0 Å². The van der Waals surface area contributed by atoms with Crippen LogP contribution >= 0.6 is 22.9 Å². The van der Waals surface area contributed by atoms with E-state index in [1.807, 2.05) is 36.4 Å². The molecule has 0 saturated heterocycles. The fourth-order valence-corrected chi connectivity index (χ4v) is 3.18. The van der Waals surface area contributed by atoms with Gasteiger partial charge in [-0.25, -0.2) is 4.98 Å². The second kappa shape index (κ2) is 6.34. The summed E-state index contributed by atoms with van der Waals surface area (Å²) < 4.78 is 6.54. The normalized spacial score (nSPS) is 16.8. The molecule has 1 atom stereocenters. The molecular formula is C16H13ClN2O2S.